The smallest absolute Gasteiger partial charge is 0.166 e. The minimum absolute atomic E-state index is 0. The van der Waals surface area contributed by atoms with Gasteiger partial charge in [-0.25, -0.2) is 0 Å². The topological polar surface area (TPSA) is 20.3 Å². The number of likely N-dealkylation sites (tertiary alicyclic amines) is 1. The van der Waals surface area contributed by atoms with E-state index in [2.05, 4.69) is 24.0 Å². The van der Waals surface area contributed by atoms with Crippen LogP contribution >= 0.6 is 12.4 Å². The average molecular weight is 282 g/mol. The molecule has 1 aromatic rings. The second kappa shape index (κ2) is 7.66. The van der Waals surface area contributed by atoms with Gasteiger partial charge in [0.15, 0.2) is 5.78 Å². The van der Waals surface area contributed by atoms with Gasteiger partial charge in [0, 0.05) is 18.0 Å². The van der Waals surface area contributed by atoms with Crippen LogP contribution in [0, 0.1) is 5.92 Å². The lowest BCUT2D eigenvalue weighted by molar-refractivity contribution is 0.0903. The van der Waals surface area contributed by atoms with E-state index >= 15 is 0 Å². The van der Waals surface area contributed by atoms with Gasteiger partial charge in [-0.3, -0.25) is 4.79 Å². The second-order valence-corrected chi connectivity index (χ2v) is 5.32. The number of ketones is 1. The van der Waals surface area contributed by atoms with Crippen molar-refractivity contribution in [1.29, 1.82) is 0 Å². The molecule has 0 amide bonds. The quantitative estimate of drug-likeness (QED) is 0.769. The van der Waals surface area contributed by atoms with Gasteiger partial charge in [-0.15, -0.1) is 12.4 Å². The molecule has 0 aromatic heterocycles. The number of rotatable bonds is 5. The van der Waals surface area contributed by atoms with Crippen LogP contribution in [0.3, 0.4) is 0 Å². The number of Topliss-reactive ketones (excluding diaryl/α,β-unsaturated/α-hetero) is 1. The Morgan fingerprint density at radius 3 is 2.32 bits per heavy atom. The molecule has 0 bridgehead atoms. The fourth-order valence-corrected chi connectivity index (χ4v) is 2.62. The summed E-state index contributed by atoms with van der Waals surface area (Å²) in [5.41, 5.74) is 2.15. The summed E-state index contributed by atoms with van der Waals surface area (Å²) in [5.74, 6) is 0.389. The highest BCUT2D eigenvalue weighted by Crippen LogP contribution is 2.15. The SMILES string of the molecule is CCc1ccc(C(=O)[C@H](C)CN2CCCC2)cc1.Cl. The first-order chi connectivity index (χ1) is 8.70. The first kappa shape index (κ1) is 16.2. The lowest BCUT2D eigenvalue weighted by Crippen LogP contribution is -2.29. The number of nitrogens with zero attached hydrogens (tertiary/aromatic N) is 1. The van der Waals surface area contributed by atoms with Gasteiger partial charge in [0.1, 0.15) is 0 Å². The van der Waals surface area contributed by atoms with E-state index in [4.69, 9.17) is 0 Å². The first-order valence-electron chi connectivity index (χ1n) is 7.06. The minimum Gasteiger partial charge on any atom is -0.303 e. The zero-order valence-corrected chi connectivity index (χ0v) is 12.7. The summed E-state index contributed by atoms with van der Waals surface area (Å²) in [4.78, 5) is 14.7. The molecule has 0 radical (unpaired) electrons. The normalized spacial score (nSPS) is 16.9. The molecule has 0 aliphatic carbocycles. The van der Waals surface area contributed by atoms with Crippen LogP contribution in [0.2, 0.25) is 0 Å². The highest BCUT2D eigenvalue weighted by atomic mass is 35.5. The van der Waals surface area contributed by atoms with E-state index in [0.29, 0.717) is 0 Å². The van der Waals surface area contributed by atoms with E-state index in [-0.39, 0.29) is 24.1 Å². The van der Waals surface area contributed by atoms with Gasteiger partial charge in [-0.2, -0.15) is 0 Å². The van der Waals surface area contributed by atoms with Gasteiger partial charge in [0.05, 0.1) is 0 Å². The van der Waals surface area contributed by atoms with Crippen molar-refractivity contribution in [3.8, 4) is 0 Å². The van der Waals surface area contributed by atoms with Gasteiger partial charge in [0.25, 0.3) is 0 Å². The van der Waals surface area contributed by atoms with Crippen molar-refractivity contribution in [2.24, 2.45) is 5.92 Å². The Bertz CT molecular complexity index is 396. The van der Waals surface area contributed by atoms with Crippen LogP contribution in [-0.2, 0) is 6.42 Å². The molecule has 1 aliphatic heterocycles. The van der Waals surface area contributed by atoms with Crippen molar-refractivity contribution in [3.63, 3.8) is 0 Å². The summed E-state index contributed by atoms with van der Waals surface area (Å²) in [5, 5.41) is 0. The molecule has 1 aromatic carbocycles. The van der Waals surface area contributed by atoms with Crippen LogP contribution in [0.15, 0.2) is 24.3 Å². The Balaban J connectivity index is 0.00000180. The van der Waals surface area contributed by atoms with Crippen LogP contribution < -0.4 is 0 Å². The number of benzene rings is 1. The fourth-order valence-electron chi connectivity index (χ4n) is 2.62. The molecule has 1 heterocycles. The Kier molecular flexibility index (Phi) is 6.53. The molecule has 19 heavy (non-hydrogen) atoms. The zero-order valence-electron chi connectivity index (χ0n) is 11.9. The number of halogens is 1. The van der Waals surface area contributed by atoms with E-state index in [1.807, 2.05) is 19.1 Å². The van der Waals surface area contributed by atoms with Gasteiger partial charge in [0.2, 0.25) is 0 Å². The second-order valence-electron chi connectivity index (χ2n) is 5.32. The molecule has 1 saturated heterocycles. The van der Waals surface area contributed by atoms with Crippen molar-refractivity contribution in [3.05, 3.63) is 35.4 Å². The Hall–Kier alpha value is -0.860. The van der Waals surface area contributed by atoms with Crippen LogP contribution in [0.25, 0.3) is 0 Å². The van der Waals surface area contributed by atoms with Gasteiger partial charge in [-0.1, -0.05) is 38.1 Å². The number of carbonyl (C=O) groups is 1. The Morgan fingerprint density at radius 2 is 1.79 bits per heavy atom. The zero-order chi connectivity index (χ0) is 13.0. The van der Waals surface area contributed by atoms with Gasteiger partial charge >= 0.3 is 0 Å². The lowest BCUT2D eigenvalue weighted by atomic mass is 9.97. The van der Waals surface area contributed by atoms with E-state index < -0.39 is 0 Å². The van der Waals surface area contributed by atoms with Gasteiger partial charge < -0.3 is 4.90 Å². The molecule has 106 valence electrons. The number of hydrogen-bond donors (Lipinski definition) is 0. The summed E-state index contributed by atoms with van der Waals surface area (Å²) in [6.07, 6.45) is 3.59. The molecule has 2 nitrogen and oxygen atoms in total. The highest BCUT2D eigenvalue weighted by Gasteiger charge is 2.20. The van der Waals surface area contributed by atoms with Crippen LogP contribution in [0.4, 0.5) is 0 Å². The van der Waals surface area contributed by atoms with Crippen molar-refractivity contribution in [1.82, 2.24) is 4.90 Å². The molecule has 1 aliphatic rings. The first-order valence-corrected chi connectivity index (χ1v) is 7.06. The van der Waals surface area contributed by atoms with Crippen molar-refractivity contribution in [2.45, 2.75) is 33.1 Å². The number of carbonyl (C=O) groups excluding carboxylic acids is 1. The number of aryl methyl sites for hydroxylation is 1. The standard InChI is InChI=1S/C16H23NO.ClH/c1-3-14-6-8-15(9-7-14)16(18)13(2)12-17-10-4-5-11-17;/h6-9,13H,3-5,10-12H2,1-2H3;1H/t13-;/m1./s1. The van der Waals surface area contributed by atoms with Crippen molar-refractivity contribution >= 4 is 18.2 Å². The van der Waals surface area contributed by atoms with Crippen LogP contribution in [0.5, 0.6) is 0 Å². The van der Waals surface area contributed by atoms with E-state index in [1.54, 1.807) is 0 Å². The molecule has 0 N–H and O–H groups in total. The van der Waals surface area contributed by atoms with Crippen molar-refractivity contribution < 1.29 is 4.79 Å². The molecule has 0 unspecified atom stereocenters. The largest absolute Gasteiger partial charge is 0.303 e. The Morgan fingerprint density at radius 1 is 1.21 bits per heavy atom. The predicted octanol–water partition coefficient (Wildman–Crippen LogP) is 3.59. The monoisotopic (exact) mass is 281 g/mol. The Labute approximate surface area is 122 Å². The molecule has 0 saturated carbocycles. The third kappa shape index (κ3) is 4.32. The maximum absolute atomic E-state index is 12.3. The third-order valence-electron chi connectivity index (χ3n) is 3.83. The number of hydrogen-bond acceptors (Lipinski definition) is 2. The molecular formula is C16H24ClNO. The van der Waals surface area contributed by atoms with E-state index in [9.17, 15) is 4.79 Å². The average Bonchev–Trinajstić information content (AvgIpc) is 2.91. The summed E-state index contributed by atoms with van der Waals surface area (Å²) >= 11 is 0. The summed E-state index contributed by atoms with van der Waals surface area (Å²) in [6.45, 7) is 7.41. The molecule has 1 atom stereocenters. The summed E-state index contributed by atoms with van der Waals surface area (Å²) < 4.78 is 0. The highest BCUT2D eigenvalue weighted by molar-refractivity contribution is 5.97. The minimum atomic E-state index is 0. The van der Waals surface area contributed by atoms with Crippen LogP contribution in [0.1, 0.15) is 42.6 Å². The van der Waals surface area contributed by atoms with Crippen molar-refractivity contribution in [2.75, 3.05) is 19.6 Å². The van der Waals surface area contributed by atoms with Crippen LogP contribution in [-0.4, -0.2) is 30.3 Å². The van der Waals surface area contributed by atoms with E-state index in [1.165, 1.54) is 18.4 Å². The third-order valence-corrected chi connectivity index (χ3v) is 3.83. The molecule has 3 heteroatoms. The maximum Gasteiger partial charge on any atom is 0.166 e. The lowest BCUT2D eigenvalue weighted by Gasteiger charge is -2.19. The predicted molar refractivity (Wildman–Crippen MR) is 82.2 cm³/mol. The summed E-state index contributed by atoms with van der Waals surface area (Å²) in [7, 11) is 0. The fraction of sp³-hybridized carbons (Fsp3) is 0.562. The van der Waals surface area contributed by atoms with E-state index in [0.717, 1.165) is 31.6 Å². The molecule has 2 rings (SSSR count). The van der Waals surface area contributed by atoms with Gasteiger partial charge in [-0.05, 0) is 37.9 Å². The molecule has 0 spiro atoms. The maximum atomic E-state index is 12.3. The molecular weight excluding hydrogens is 258 g/mol. The summed E-state index contributed by atoms with van der Waals surface area (Å²) in [6, 6.07) is 8.08. The molecule has 1 fully saturated rings.